The van der Waals surface area contributed by atoms with Crippen molar-refractivity contribution >= 4 is 11.3 Å². The average Bonchev–Trinajstić information content (AvgIpc) is 3.08. The number of nitrogens with two attached hydrogens (primary N) is 1. The molecule has 0 saturated carbocycles. The molecule has 2 aromatic heterocycles. The van der Waals surface area contributed by atoms with E-state index in [1.54, 1.807) is 11.3 Å². The van der Waals surface area contributed by atoms with Gasteiger partial charge in [-0.05, 0) is 36.1 Å². The molecule has 0 aliphatic heterocycles. The predicted octanol–water partition coefficient (Wildman–Crippen LogP) is 3.29. The van der Waals surface area contributed by atoms with Gasteiger partial charge in [0.2, 0.25) is 0 Å². The fourth-order valence-electron chi connectivity index (χ4n) is 2.07. The third-order valence-electron chi connectivity index (χ3n) is 3.17. The largest absolute Gasteiger partial charge is 0.320 e. The van der Waals surface area contributed by atoms with Gasteiger partial charge in [-0.1, -0.05) is 18.2 Å². The van der Waals surface area contributed by atoms with E-state index in [4.69, 9.17) is 5.73 Å². The standard InChI is InChI=1S/C15H15N3S/c1-11-7-8-19-15(11)14(16)12-9-17-18(10-12)13-5-3-2-4-6-13/h2-10,14H,16H2,1H3. The molecule has 96 valence electrons. The van der Waals surface area contributed by atoms with Crippen LogP contribution in [0.3, 0.4) is 0 Å². The van der Waals surface area contributed by atoms with E-state index in [0.29, 0.717) is 0 Å². The molecule has 0 spiro atoms. The van der Waals surface area contributed by atoms with Gasteiger partial charge in [0, 0.05) is 16.6 Å². The third kappa shape index (κ3) is 2.32. The summed E-state index contributed by atoms with van der Waals surface area (Å²) < 4.78 is 1.86. The molecule has 4 heteroatoms. The van der Waals surface area contributed by atoms with E-state index in [2.05, 4.69) is 23.5 Å². The van der Waals surface area contributed by atoms with Crippen LogP contribution in [0.25, 0.3) is 5.69 Å². The lowest BCUT2D eigenvalue weighted by atomic mass is 10.1. The molecule has 2 N–H and O–H groups in total. The van der Waals surface area contributed by atoms with Gasteiger partial charge >= 0.3 is 0 Å². The number of aryl methyl sites for hydroxylation is 1. The van der Waals surface area contributed by atoms with Crippen LogP contribution in [-0.2, 0) is 0 Å². The molecule has 0 bridgehead atoms. The van der Waals surface area contributed by atoms with Gasteiger partial charge in [-0.2, -0.15) is 5.10 Å². The third-order valence-corrected chi connectivity index (χ3v) is 4.27. The SMILES string of the molecule is Cc1ccsc1C(N)c1cnn(-c2ccccc2)c1. The molecule has 2 heterocycles. The molecule has 1 aromatic carbocycles. The quantitative estimate of drug-likeness (QED) is 0.793. The molecule has 0 amide bonds. The lowest BCUT2D eigenvalue weighted by Crippen LogP contribution is -2.10. The van der Waals surface area contributed by atoms with Crippen molar-refractivity contribution in [1.82, 2.24) is 9.78 Å². The van der Waals surface area contributed by atoms with Crippen LogP contribution < -0.4 is 5.73 Å². The molecule has 3 rings (SSSR count). The Labute approximate surface area is 116 Å². The lowest BCUT2D eigenvalue weighted by Gasteiger charge is -2.08. The van der Waals surface area contributed by atoms with Gasteiger partial charge < -0.3 is 5.73 Å². The van der Waals surface area contributed by atoms with Crippen molar-refractivity contribution in [2.24, 2.45) is 5.73 Å². The van der Waals surface area contributed by atoms with Crippen molar-refractivity contribution in [3.05, 3.63) is 70.2 Å². The molecule has 1 unspecified atom stereocenters. The summed E-state index contributed by atoms with van der Waals surface area (Å²) in [5.41, 5.74) is 9.63. The number of thiophene rings is 1. The summed E-state index contributed by atoms with van der Waals surface area (Å²) in [7, 11) is 0. The predicted molar refractivity (Wildman–Crippen MR) is 78.7 cm³/mol. The fourth-order valence-corrected chi connectivity index (χ4v) is 3.03. The molecule has 0 aliphatic rings. The highest BCUT2D eigenvalue weighted by Gasteiger charge is 2.14. The Balaban J connectivity index is 1.92. The minimum atomic E-state index is -0.0996. The van der Waals surface area contributed by atoms with Gasteiger partial charge in [-0.25, -0.2) is 4.68 Å². The Morgan fingerprint density at radius 3 is 2.68 bits per heavy atom. The van der Waals surface area contributed by atoms with E-state index in [9.17, 15) is 0 Å². The summed E-state index contributed by atoms with van der Waals surface area (Å²) in [6.45, 7) is 2.09. The number of benzene rings is 1. The zero-order valence-corrected chi connectivity index (χ0v) is 11.5. The van der Waals surface area contributed by atoms with Crippen LogP contribution in [0.15, 0.2) is 54.2 Å². The Kier molecular flexibility index (Phi) is 3.19. The van der Waals surface area contributed by atoms with E-state index >= 15 is 0 Å². The topological polar surface area (TPSA) is 43.8 Å². The normalized spacial score (nSPS) is 12.5. The highest BCUT2D eigenvalue weighted by atomic mass is 32.1. The number of hydrogen-bond acceptors (Lipinski definition) is 3. The minimum Gasteiger partial charge on any atom is -0.320 e. The second-order valence-corrected chi connectivity index (χ2v) is 5.45. The van der Waals surface area contributed by atoms with Gasteiger partial charge in [-0.3, -0.25) is 0 Å². The highest BCUT2D eigenvalue weighted by Crippen LogP contribution is 2.27. The Bertz CT molecular complexity index is 670. The second-order valence-electron chi connectivity index (χ2n) is 4.50. The van der Waals surface area contributed by atoms with Crippen LogP contribution in [0.2, 0.25) is 0 Å². The maximum absolute atomic E-state index is 6.31. The van der Waals surface area contributed by atoms with E-state index < -0.39 is 0 Å². The van der Waals surface area contributed by atoms with Crippen molar-refractivity contribution in [1.29, 1.82) is 0 Å². The van der Waals surface area contributed by atoms with Crippen LogP contribution in [0.5, 0.6) is 0 Å². The van der Waals surface area contributed by atoms with Gasteiger partial charge in [0.15, 0.2) is 0 Å². The van der Waals surface area contributed by atoms with Crippen molar-refractivity contribution < 1.29 is 0 Å². The summed E-state index contributed by atoms with van der Waals surface area (Å²) in [5.74, 6) is 0. The molecular formula is C15H15N3S. The van der Waals surface area contributed by atoms with E-state index in [-0.39, 0.29) is 6.04 Å². The lowest BCUT2D eigenvalue weighted by molar-refractivity contribution is 0.869. The van der Waals surface area contributed by atoms with Gasteiger partial charge in [-0.15, -0.1) is 11.3 Å². The maximum atomic E-state index is 6.31. The number of nitrogens with zero attached hydrogens (tertiary/aromatic N) is 2. The summed E-state index contributed by atoms with van der Waals surface area (Å²) in [4.78, 5) is 1.20. The van der Waals surface area contributed by atoms with Crippen molar-refractivity contribution in [2.75, 3.05) is 0 Å². The first-order valence-electron chi connectivity index (χ1n) is 6.15. The van der Waals surface area contributed by atoms with Gasteiger partial charge in [0.25, 0.3) is 0 Å². The average molecular weight is 269 g/mol. The molecular weight excluding hydrogens is 254 g/mol. The number of para-hydroxylation sites is 1. The Hall–Kier alpha value is -1.91. The van der Waals surface area contributed by atoms with Crippen LogP contribution in [-0.4, -0.2) is 9.78 Å². The number of rotatable bonds is 3. The molecule has 0 saturated heterocycles. The summed E-state index contributed by atoms with van der Waals surface area (Å²) in [6.07, 6.45) is 3.84. The first kappa shape index (κ1) is 12.1. The van der Waals surface area contributed by atoms with Crippen molar-refractivity contribution in [2.45, 2.75) is 13.0 Å². The Morgan fingerprint density at radius 2 is 2.00 bits per heavy atom. The van der Waals surface area contributed by atoms with Crippen LogP contribution in [0, 0.1) is 6.92 Å². The number of hydrogen-bond donors (Lipinski definition) is 1. The Morgan fingerprint density at radius 1 is 1.21 bits per heavy atom. The zero-order chi connectivity index (χ0) is 13.2. The zero-order valence-electron chi connectivity index (χ0n) is 10.7. The van der Waals surface area contributed by atoms with Crippen molar-refractivity contribution in [3.63, 3.8) is 0 Å². The highest BCUT2D eigenvalue weighted by molar-refractivity contribution is 7.10. The van der Waals surface area contributed by atoms with Crippen LogP contribution in [0.1, 0.15) is 22.0 Å². The smallest absolute Gasteiger partial charge is 0.0679 e. The number of aromatic nitrogens is 2. The molecule has 3 nitrogen and oxygen atoms in total. The van der Waals surface area contributed by atoms with Crippen molar-refractivity contribution in [3.8, 4) is 5.69 Å². The van der Waals surface area contributed by atoms with E-state index in [1.807, 2.05) is 47.4 Å². The summed E-state index contributed by atoms with van der Waals surface area (Å²) in [6, 6.07) is 12.0. The van der Waals surface area contributed by atoms with Crippen LogP contribution in [0.4, 0.5) is 0 Å². The molecule has 1 atom stereocenters. The summed E-state index contributed by atoms with van der Waals surface area (Å²) >= 11 is 1.70. The van der Waals surface area contributed by atoms with E-state index in [1.165, 1.54) is 10.4 Å². The van der Waals surface area contributed by atoms with Crippen LogP contribution >= 0.6 is 11.3 Å². The summed E-state index contributed by atoms with van der Waals surface area (Å²) in [5, 5.41) is 6.46. The molecule has 0 fully saturated rings. The monoisotopic (exact) mass is 269 g/mol. The first-order valence-corrected chi connectivity index (χ1v) is 7.03. The molecule has 19 heavy (non-hydrogen) atoms. The van der Waals surface area contributed by atoms with Gasteiger partial charge in [0.1, 0.15) is 0 Å². The molecule has 3 aromatic rings. The molecule has 0 radical (unpaired) electrons. The van der Waals surface area contributed by atoms with Gasteiger partial charge in [0.05, 0.1) is 17.9 Å². The fraction of sp³-hybridized carbons (Fsp3) is 0.133. The maximum Gasteiger partial charge on any atom is 0.0679 e. The van der Waals surface area contributed by atoms with E-state index in [0.717, 1.165) is 11.3 Å². The minimum absolute atomic E-state index is 0.0996. The second kappa shape index (κ2) is 4.99. The molecule has 0 aliphatic carbocycles. The first-order chi connectivity index (χ1) is 9.25.